The van der Waals surface area contributed by atoms with Crippen LogP contribution in [0.4, 0.5) is 11.4 Å². The highest BCUT2D eigenvalue weighted by atomic mass is 16.2. The van der Waals surface area contributed by atoms with Gasteiger partial charge in [-0.2, -0.15) is 0 Å². The third-order valence-electron chi connectivity index (χ3n) is 3.21. The minimum atomic E-state index is -0.124. The van der Waals surface area contributed by atoms with E-state index in [4.69, 9.17) is 0 Å². The monoisotopic (exact) mass is 311 g/mol. The standard InChI is InChI=1S/C18H21N3O2/c1-14(22)21-17-9-5-8-16(12-17)20-13-18(23)19-11-10-15-6-3-2-4-7-15/h2-9,12,20H,10-11,13H2,1H3,(H,19,23)(H,21,22). The highest BCUT2D eigenvalue weighted by Crippen LogP contribution is 2.14. The van der Waals surface area contributed by atoms with E-state index in [-0.39, 0.29) is 18.4 Å². The number of rotatable bonds is 7. The molecule has 0 radical (unpaired) electrons. The molecule has 2 amide bonds. The maximum absolute atomic E-state index is 11.8. The van der Waals surface area contributed by atoms with Gasteiger partial charge in [-0.25, -0.2) is 0 Å². The van der Waals surface area contributed by atoms with Crippen molar-refractivity contribution < 1.29 is 9.59 Å². The molecule has 0 heterocycles. The van der Waals surface area contributed by atoms with Crippen molar-refractivity contribution >= 4 is 23.2 Å². The Morgan fingerprint density at radius 1 is 0.957 bits per heavy atom. The van der Waals surface area contributed by atoms with Crippen LogP contribution >= 0.6 is 0 Å². The number of amides is 2. The quantitative estimate of drug-likeness (QED) is 0.735. The Hall–Kier alpha value is -2.82. The van der Waals surface area contributed by atoms with Crippen LogP contribution in [-0.2, 0) is 16.0 Å². The Kier molecular flexibility index (Phi) is 6.17. The Labute approximate surface area is 136 Å². The van der Waals surface area contributed by atoms with Crippen molar-refractivity contribution in [3.63, 3.8) is 0 Å². The molecule has 0 fully saturated rings. The van der Waals surface area contributed by atoms with Crippen LogP contribution in [0.1, 0.15) is 12.5 Å². The molecule has 5 heteroatoms. The van der Waals surface area contributed by atoms with Crippen LogP contribution in [-0.4, -0.2) is 24.9 Å². The first kappa shape index (κ1) is 16.5. The lowest BCUT2D eigenvalue weighted by atomic mass is 10.1. The fourth-order valence-electron chi connectivity index (χ4n) is 2.15. The highest BCUT2D eigenvalue weighted by molar-refractivity contribution is 5.89. The van der Waals surface area contributed by atoms with Crippen molar-refractivity contribution in [3.05, 3.63) is 60.2 Å². The molecule has 2 aromatic carbocycles. The van der Waals surface area contributed by atoms with Gasteiger partial charge in [-0.1, -0.05) is 36.4 Å². The maximum Gasteiger partial charge on any atom is 0.239 e. The van der Waals surface area contributed by atoms with Gasteiger partial charge in [-0.15, -0.1) is 0 Å². The van der Waals surface area contributed by atoms with Gasteiger partial charge in [0.15, 0.2) is 0 Å². The predicted octanol–water partition coefficient (Wildman–Crippen LogP) is 2.42. The lowest BCUT2D eigenvalue weighted by molar-refractivity contribution is -0.119. The molecule has 2 aromatic rings. The van der Waals surface area contributed by atoms with Crippen molar-refractivity contribution in [1.29, 1.82) is 0 Å². The van der Waals surface area contributed by atoms with E-state index in [1.807, 2.05) is 42.5 Å². The van der Waals surface area contributed by atoms with Gasteiger partial charge in [0, 0.05) is 24.8 Å². The van der Waals surface area contributed by atoms with Crippen LogP contribution in [0.5, 0.6) is 0 Å². The smallest absolute Gasteiger partial charge is 0.239 e. The zero-order valence-corrected chi connectivity index (χ0v) is 13.1. The summed E-state index contributed by atoms with van der Waals surface area (Å²) in [6, 6.07) is 17.3. The van der Waals surface area contributed by atoms with Crippen LogP contribution in [0, 0.1) is 0 Å². The van der Waals surface area contributed by atoms with Crippen molar-refractivity contribution in [2.75, 3.05) is 23.7 Å². The first-order valence-corrected chi connectivity index (χ1v) is 7.55. The third-order valence-corrected chi connectivity index (χ3v) is 3.21. The summed E-state index contributed by atoms with van der Waals surface area (Å²) in [5.41, 5.74) is 2.69. The van der Waals surface area contributed by atoms with Crippen LogP contribution in [0.3, 0.4) is 0 Å². The minimum Gasteiger partial charge on any atom is -0.376 e. The molecule has 0 unspecified atom stereocenters. The molecule has 0 saturated heterocycles. The first-order valence-electron chi connectivity index (χ1n) is 7.55. The molecule has 5 nitrogen and oxygen atoms in total. The van der Waals surface area contributed by atoms with Crippen LogP contribution in [0.2, 0.25) is 0 Å². The summed E-state index contributed by atoms with van der Waals surface area (Å²) in [4.78, 5) is 22.9. The van der Waals surface area contributed by atoms with Crippen LogP contribution in [0.15, 0.2) is 54.6 Å². The molecule has 3 N–H and O–H groups in total. The van der Waals surface area contributed by atoms with Gasteiger partial charge in [0.25, 0.3) is 0 Å². The van der Waals surface area contributed by atoms with Gasteiger partial charge in [0.1, 0.15) is 0 Å². The van der Waals surface area contributed by atoms with E-state index >= 15 is 0 Å². The maximum atomic E-state index is 11.8. The highest BCUT2D eigenvalue weighted by Gasteiger charge is 2.02. The minimum absolute atomic E-state index is 0.0640. The fourth-order valence-corrected chi connectivity index (χ4v) is 2.15. The van der Waals surface area contributed by atoms with Crippen molar-refractivity contribution in [3.8, 4) is 0 Å². The molecule has 0 saturated carbocycles. The van der Waals surface area contributed by atoms with Gasteiger partial charge >= 0.3 is 0 Å². The predicted molar refractivity (Wildman–Crippen MR) is 92.4 cm³/mol. The second-order valence-corrected chi connectivity index (χ2v) is 5.20. The Balaban J connectivity index is 1.72. The SMILES string of the molecule is CC(=O)Nc1cccc(NCC(=O)NCCc2ccccc2)c1. The summed E-state index contributed by atoms with van der Waals surface area (Å²) in [6.45, 7) is 2.26. The molecule has 0 bridgehead atoms. The molecule has 0 aromatic heterocycles. The zero-order chi connectivity index (χ0) is 16.5. The lowest BCUT2D eigenvalue weighted by Gasteiger charge is -2.09. The first-order chi connectivity index (χ1) is 11.1. The summed E-state index contributed by atoms with van der Waals surface area (Å²) in [7, 11) is 0. The number of hydrogen-bond donors (Lipinski definition) is 3. The molecular formula is C18H21N3O2. The van der Waals surface area contributed by atoms with Crippen LogP contribution in [0.25, 0.3) is 0 Å². The van der Waals surface area contributed by atoms with E-state index in [0.29, 0.717) is 12.2 Å². The number of benzene rings is 2. The molecule has 0 aliphatic carbocycles. The lowest BCUT2D eigenvalue weighted by Crippen LogP contribution is -2.31. The van der Waals surface area contributed by atoms with Gasteiger partial charge in [0.05, 0.1) is 6.54 Å². The Bertz CT molecular complexity index is 656. The number of anilines is 2. The van der Waals surface area contributed by atoms with E-state index in [1.165, 1.54) is 12.5 Å². The average molecular weight is 311 g/mol. The average Bonchev–Trinajstić information content (AvgIpc) is 2.54. The Morgan fingerprint density at radius 2 is 1.70 bits per heavy atom. The number of carbonyl (C=O) groups is 2. The van der Waals surface area contributed by atoms with Gasteiger partial charge in [-0.05, 0) is 30.2 Å². The fraction of sp³-hybridized carbons (Fsp3) is 0.222. The largest absolute Gasteiger partial charge is 0.376 e. The Morgan fingerprint density at radius 3 is 2.43 bits per heavy atom. The molecule has 0 atom stereocenters. The number of hydrogen-bond acceptors (Lipinski definition) is 3. The summed E-state index contributed by atoms with van der Waals surface area (Å²) in [6.07, 6.45) is 0.810. The summed E-state index contributed by atoms with van der Waals surface area (Å²) < 4.78 is 0. The van der Waals surface area contributed by atoms with Gasteiger partial charge in [-0.3, -0.25) is 9.59 Å². The van der Waals surface area contributed by atoms with Crippen molar-refractivity contribution in [2.24, 2.45) is 0 Å². The molecule has 2 rings (SSSR count). The van der Waals surface area contributed by atoms with Crippen LogP contribution < -0.4 is 16.0 Å². The van der Waals surface area contributed by atoms with E-state index < -0.39 is 0 Å². The zero-order valence-electron chi connectivity index (χ0n) is 13.1. The normalized spacial score (nSPS) is 9.96. The summed E-state index contributed by atoms with van der Waals surface area (Å²) in [5, 5.41) is 8.63. The second kappa shape index (κ2) is 8.58. The molecular weight excluding hydrogens is 290 g/mol. The van der Waals surface area contributed by atoms with E-state index in [2.05, 4.69) is 16.0 Å². The number of nitrogens with one attached hydrogen (secondary N) is 3. The second-order valence-electron chi connectivity index (χ2n) is 5.20. The summed E-state index contributed by atoms with van der Waals surface area (Å²) in [5.74, 6) is -0.188. The van der Waals surface area contributed by atoms with Gasteiger partial charge < -0.3 is 16.0 Å². The molecule has 0 spiro atoms. The number of carbonyl (C=O) groups excluding carboxylic acids is 2. The van der Waals surface area contributed by atoms with Gasteiger partial charge in [0.2, 0.25) is 11.8 Å². The summed E-state index contributed by atoms with van der Waals surface area (Å²) >= 11 is 0. The molecule has 0 aliphatic heterocycles. The van der Waals surface area contributed by atoms with Crippen molar-refractivity contribution in [1.82, 2.24) is 5.32 Å². The van der Waals surface area contributed by atoms with E-state index in [0.717, 1.165) is 12.1 Å². The molecule has 120 valence electrons. The molecule has 23 heavy (non-hydrogen) atoms. The van der Waals surface area contributed by atoms with E-state index in [1.54, 1.807) is 12.1 Å². The van der Waals surface area contributed by atoms with E-state index in [9.17, 15) is 9.59 Å². The third kappa shape index (κ3) is 6.22. The topological polar surface area (TPSA) is 70.2 Å². The molecule has 0 aliphatic rings. The van der Waals surface area contributed by atoms with Crippen molar-refractivity contribution in [2.45, 2.75) is 13.3 Å².